The minimum absolute atomic E-state index is 0.265. The van der Waals surface area contributed by atoms with Crippen molar-refractivity contribution in [1.82, 2.24) is 9.88 Å². The maximum atomic E-state index is 13.9. The summed E-state index contributed by atoms with van der Waals surface area (Å²) in [6, 6.07) is 21.0. The smallest absolute Gasteiger partial charge is 0.338 e. The van der Waals surface area contributed by atoms with Gasteiger partial charge < -0.3 is 9.72 Å². The van der Waals surface area contributed by atoms with E-state index in [9.17, 15) is 14.4 Å². The Morgan fingerprint density at radius 2 is 1.72 bits per heavy atom. The first-order valence-corrected chi connectivity index (χ1v) is 12.1. The van der Waals surface area contributed by atoms with Crippen LogP contribution in [0.5, 0.6) is 0 Å². The number of carbonyl (C=O) groups excluding carboxylic acids is 3. The minimum Gasteiger partial charge on any atom is -0.462 e. The van der Waals surface area contributed by atoms with Gasteiger partial charge in [0.1, 0.15) is 12.1 Å². The molecule has 36 heavy (non-hydrogen) atoms. The highest BCUT2D eigenvalue weighted by Gasteiger charge is 2.53. The topological polar surface area (TPSA) is 82.7 Å². The molecule has 1 aromatic heterocycles. The average Bonchev–Trinajstić information content (AvgIpc) is 3.38. The van der Waals surface area contributed by atoms with Crippen LogP contribution in [0.25, 0.3) is 10.9 Å². The molecule has 0 aliphatic carbocycles. The lowest BCUT2D eigenvalue weighted by Crippen LogP contribution is -2.44. The van der Waals surface area contributed by atoms with Crippen LogP contribution in [0.3, 0.4) is 0 Å². The Balaban J connectivity index is 1.46. The molecule has 1 saturated heterocycles. The van der Waals surface area contributed by atoms with Crippen molar-refractivity contribution in [3.63, 3.8) is 0 Å². The molecule has 3 aromatic carbocycles. The van der Waals surface area contributed by atoms with E-state index in [1.807, 2.05) is 49.4 Å². The second kappa shape index (κ2) is 8.37. The third-order valence-corrected chi connectivity index (χ3v) is 7.17. The molecular weight excluding hydrogens is 454 g/mol. The monoisotopic (exact) mass is 479 g/mol. The summed E-state index contributed by atoms with van der Waals surface area (Å²) in [4.78, 5) is 46.2. The number of rotatable bonds is 4. The number of fused-ring (bicyclic) bond motifs is 4. The molecular formula is C29H25N3O4. The molecule has 0 radical (unpaired) electrons. The van der Waals surface area contributed by atoms with Crippen LogP contribution in [0.2, 0.25) is 0 Å². The van der Waals surface area contributed by atoms with Gasteiger partial charge in [-0.1, -0.05) is 42.5 Å². The fourth-order valence-electron chi connectivity index (χ4n) is 5.49. The highest BCUT2D eigenvalue weighted by atomic mass is 16.5. The minimum atomic E-state index is -0.626. The number of aromatic nitrogens is 1. The average molecular weight is 480 g/mol. The predicted octanol–water partition coefficient (Wildman–Crippen LogP) is 5.14. The van der Waals surface area contributed by atoms with Crippen molar-refractivity contribution in [2.75, 3.05) is 11.5 Å². The van der Waals surface area contributed by atoms with Gasteiger partial charge in [-0.25, -0.2) is 14.5 Å². The molecule has 1 N–H and O–H groups in total. The summed E-state index contributed by atoms with van der Waals surface area (Å²) in [5.41, 5.74) is 5.85. The maximum absolute atomic E-state index is 13.9. The number of esters is 1. The summed E-state index contributed by atoms with van der Waals surface area (Å²) in [5.74, 6) is -0.705. The third-order valence-electron chi connectivity index (χ3n) is 7.17. The number of amides is 3. The Morgan fingerprint density at radius 3 is 2.47 bits per heavy atom. The number of ether oxygens (including phenoxy) is 1. The molecule has 6 rings (SSSR count). The summed E-state index contributed by atoms with van der Waals surface area (Å²) in [6.45, 7) is 4.04. The molecule has 0 saturated carbocycles. The first kappa shape index (κ1) is 22.1. The standard InChI is InChI=1S/C29H25N3O4/c1-3-36-28(34)18-12-14-19(15-13-18)31-27(33)24-16-22-21-10-6-7-11-23(21)30-25(22)26(32(24)29(31)35)20-9-5-4-8-17(20)2/h4-15,24,26,30H,3,16H2,1-2H3/t24-,26?/m0/s1. The molecule has 3 amide bonds. The van der Waals surface area contributed by atoms with Gasteiger partial charge in [0.25, 0.3) is 5.91 Å². The van der Waals surface area contributed by atoms with Crippen molar-refractivity contribution in [3.8, 4) is 0 Å². The van der Waals surface area contributed by atoms with Crippen molar-refractivity contribution in [2.24, 2.45) is 0 Å². The lowest BCUT2D eigenvalue weighted by atomic mass is 9.87. The molecule has 2 atom stereocenters. The van der Waals surface area contributed by atoms with Crippen LogP contribution < -0.4 is 4.90 Å². The lowest BCUT2D eigenvalue weighted by molar-refractivity contribution is -0.120. The van der Waals surface area contributed by atoms with E-state index in [1.165, 1.54) is 4.90 Å². The number of carbonyl (C=O) groups is 3. The zero-order valence-electron chi connectivity index (χ0n) is 20.0. The van der Waals surface area contributed by atoms with Crippen molar-refractivity contribution in [1.29, 1.82) is 0 Å². The number of hydrogen-bond acceptors (Lipinski definition) is 4. The Hall–Kier alpha value is -4.39. The summed E-state index contributed by atoms with van der Waals surface area (Å²) in [6.07, 6.45) is 0.434. The van der Waals surface area contributed by atoms with E-state index >= 15 is 0 Å². The van der Waals surface area contributed by atoms with Gasteiger partial charge in [-0.05, 0) is 60.9 Å². The van der Waals surface area contributed by atoms with Crippen molar-refractivity contribution in [3.05, 3.63) is 101 Å². The molecule has 7 heteroatoms. The van der Waals surface area contributed by atoms with Crippen LogP contribution in [0.15, 0.2) is 72.8 Å². The number of anilines is 1. The molecule has 2 aliphatic rings. The number of aryl methyl sites for hydroxylation is 1. The largest absolute Gasteiger partial charge is 0.462 e. The van der Waals surface area contributed by atoms with Gasteiger partial charge >= 0.3 is 12.0 Å². The Labute approximate surface area is 208 Å². The number of hydrogen-bond donors (Lipinski definition) is 1. The molecule has 1 fully saturated rings. The quantitative estimate of drug-likeness (QED) is 0.325. The van der Waals surface area contributed by atoms with Gasteiger partial charge in [0.05, 0.1) is 17.9 Å². The maximum Gasteiger partial charge on any atom is 0.338 e. The van der Waals surface area contributed by atoms with Crippen molar-refractivity contribution < 1.29 is 19.1 Å². The van der Waals surface area contributed by atoms with E-state index in [0.29, 0.717) is 17.7 Å². The van der Waals surface area contributed by atoms with Crippen LogP contribution in [-0.4, -0.2) is 40.4 Å². The normalized spacial score (nSPS) is 18.9. The molecule has 0 spiro atoms. The van der Waals surface area contributed by atoms with Crippen molar-refractivity contribution in [2.45, 2.75) is 32.4 Å². The second-order valence-electron chi connectivity index (χ2n) is 9.17. The molecule has 2 aliphatic heterocycles. The number of aromatic amines is 1. The van der Waals surface area contributed by atoms with E-state index in [4.69, 9.17) is 4.74 Å². The van der Waals surface area contributed by atoms with E-state index < -0.39 is 18.1 Å². The summed E-state index contributed by atoms with van der Waals surface area (Å²) >= 11 is 0. The SMILES string of the molecule is CCOC(=O)c1ccc(N2C(=O)[C@@H]3Cc4c([nH]c5ccccc45)C(c4ccccc4C)N3C2=O)cc1. The number of H-pyrrole nitrogens is 1. The third kappa shape index (κ3) is 3.23. The van der Waals surface area contributed by atoms with Gasteiger partial charge in [0.15, 0.2) is 0 Å². The van der Waals surface area contributed by atoms with Crippen LogP contribution in [0.4, 0.5) is 10.5 Å². The molecule has 1 unspecified atom stereocenters. The number of benzene rings is 3. The van der Waals surface area contributed by atoms with Gasteiger partial charge in [0, 0.05) is 23.0 Å². The van der Waals surface area contributed by atoms with E-state index in [1.54, 1.807) is 36.1 Å². The van der Waals surface area contributed by atoms with E-state index in [2.05, 4.69) is 11.1 Å². The zero-order valence-corrected chi connectivity index (χ0v) is 20.0. The van der Waals surface area contributed by atoms with Gasteiger partial charge in [-0.15, -0.1) is 0 Å². The number of nitrogens with one attached hydrogen (secondary N) is 1. The number of para-hydroxylation sites is 1. The first-order valence-electron chi connectivity index (χ1n) is 12.1. The lowest BCUT2D eigenvalue weighted by Gasteiger charge is -2.36. The summed E-state index contributed by atoms with van der Waals surface area (Å²) in [7, 11) is 0. The Kier molecular flexibility index (Phi) is 5.14. The van der Waals surface area contributed by atoms with Crippen molar-refractivity contribution >= 4 is 34.5 Å². The van der Waals surface area contributed by atoms with Gasteiger partial charge in [-0.2, -0.15) is 0 Å². The number of imide groups is 1. The summed E-state index contributed by atoms with van der Waals surface area (Å²) < 4.78 is 5.05. The number of nitrogens with zero attached hydrogens (tertiary/aromatic N) is 2. The van der Waals surface area contributed by atoms with Crippen LogP contribution in [0, 0.1) is 6.92 Å². The van der Waals surface area contributed by atoms with Gasteiger partial charge in [-0.3, -0.25) is 9.69 Å². The van der Waals surface area contributed by atoms with Crippen LogP contribution >= 0.6 is 0 Å². The highest BCUT2D eigenvalue weighted by Crippen LogP contribution is 2.45. The zero-order chi connectivity index (χ0) is 25.0. The molecule has 7 nitrogen and oxygen atoms in total. The predicted molar refractivity (Wildman–Crippen MR) is 136 cm³/mol. The van der Waals surface area contributed by atoms with E-state index in [-0.39, 0.29) is 18.5 Å². The number of urea groups is 1. The van der Waals surface area contributed by atoms with E-state index in [0.717, 1.165) is 33.3 Å². The highest BCUT2D eigenvalue weighted by molar-refractivity contribution is 6.22. The Morgan fingerprint density at radius 1 is 1.00 bits per heavy atom. The fourth-order valence-corrected chi connectivity index (χ4v) is 5.49. The Bertz CT molecular complexity index is 1520. The van der Waals surface area contributed by atoms with Crippen LogP contribution in [-0.2, 0) is 16.0 Å². The van der Waals surface area contributed by atoms with Crippen LogP contribution in [0.1, 0.15) is 45.7 Å². The molecule has 0 bridgehead atoms. The summed E-state index contributed by atoms with van der Waals surface area (Å²) in [5, 5.41) is 1.07. The fraction of sp³-hybridized carbons (Fsp3) is 0.207. The first-order chi connectivity index (χ1) is 17.5. The molecule has 4 aromatic rings. The van der Waals surface area contributed by atoms with Gasteiger partial charge in [0.2, 0.25) is 0 Å². The molecule has 180 valence electrons. The molecule has 3 heterocycles. The second-order valence-corrected chi connectivity index (χ2v) is 9.17.